The first-order valence-corrected chi connectivity index (χ1v) is 8.41. The summed E-state index contributed by atoms with van der Waals surface area (Å²) in [6, 6.07) is 0. The zero-order valence-electron chi connectivity index (χ0n) is 14.9. The van der Waals surface area contributed by atoms with Gasteiger partial charge in [0.05, 0.1) is 0 Å². The van der Waals surface area contributed by atoms with E-state index in [0.717, 1.165) is 44.9 Å². The van der Waals surface area contributed by atoms with Crippen LogP contribution in [-0.4, -0.2) is 74.9 Å². The molecule has 0 spiro atoms. The molecule has 1 aliphatic rings. The largest absolute Gasteiger partial charge is 0.359 e. The molecule has 1 fully saturated rings. The van der Waals surface area contributed by atoms with Gasteiger partial charge in [0, 0.05) is 47.2 Å². The average Bonchev–Trinajstić information content (AvgIpc) is 2.55. The molecule has 1 saturated heterocycles. The number of hydrogen-bond acceptors (Lipinski definition) is 3. The van der Waals surface area contributed by atoms with Crippen LogP contribution in [0.25, 0.3) is 0 Å². The van der Waals surface area contributed by atoms with Crippen LogP contribution in [0.2, 0.25) is 0 Å². The molecule has 0 aromatic heterocycles. The van der Waals surface area contributed by atoms with Crippen LogP contribution in [0.5, 0.6) is 0 Å². The van der Waals surface area contributed by atoms with Gasteiger partial charge in [-0.2, -0.15) is 0 Å². The minimum absolute atomic E-state index is 0.00435. The number of likely N-dealkylation sites (tertiary alicyclic amines) is 1. The SMILES string of the molecule is CCCNC(=NCC(=O)N(C)C)N1CCC(CC(=O)NC)CC1. The Balaban J connectivity index is 2.57. The van der Waals surface area contributed by atoms with E-state index < -0.39 is 0 Å². The van der Waals surface area contributed by atoms with Crippen LogP contribution >= 0.6 is 0 Å². The molecule has 2 N–H and O–H groups in total. The standard InChI is InChI=1S/C16H31N5O2/c1-5-8-18-16(19-12-15(23)20(3)4)21-9-6-13(7-10-21)11-14(22)17-2/h13H,5-12H2,1-4H3,(H,17,22)(H,18,19). The Morgan fingerprint density at radius 3 is 2.43 bits per heavy atom. The molecular formula is C16H31N5O2. The highest BCUT2D eigenvalue weighted by Crippen LogP contribution is 2.20. The molecule has 0 aromatic rings. The van der Waals surface area contributed by atoms with E-state index in [9.17, 15) is 9.59 Å². The molecule has 0 unspecified atom stereocenters. The van der Waals surface area contributed by atoms with E-state index in [1.807, 2.05) is 0 Å². The first-order chi connectivity index (χ1) is 11.0. The first-order valence-electron chi connectivity index (χ1n) is 8.41. The Morgan fingerprint density at radius 1 is 1.26 bits per heavy atom. The van der Waals surface area contributed by atoms with Crippen molar-refractivity contribution in [2.45, 2.75) is 32.6 Å². The summed E-state index contributed by atoms with van der Waals surface area (Å²) in [5.74, 6) is 1.34. The van der Waals surface area contributed by atoms with Gasteiger partial charge < -0.3 is 20.4 Å². The molecule has 23 heavy (non-hydrogen) atoms. The second-order valence-corrected chi connectivity index (χ2v) is 6.16. The van der Waals surface area contributed by atoms with Crippen LogP contribution < -0.4 is 10.6 Å². The van der Waals surface area contributed by atoms with Crippen LogP contribution in [0.1, 0.15) is 32.6 Å². The molecule has 0 atom stereocenters. The van der Waals surface area contributed by atoms with Gasteiger partial charge in [-0.15, -0.1) is 0 Å². The summed E-state index contributed by atoms with van der Waals surface area (Å²) in [5, 5.41) is 6.01. The van der Waals surface area contributed by atoms with E-state index in [1.54, 1.807) is 26.0 Å². The van der Waals surface area contributed by atoms with Crippen molar-refractivity contribution in [2.24, 2.45) is 10.9 Å². The smallest absolute Gasteiger partial charge is 0.243 e. The van der Waals surface area contributed by atoms with Gasteiger partial charge in [0.1, 0.15) is 6.54 Å². The predicted molar refractivity (Wildman–Crippen MR) is 92.3 cm³/mol. The maximum Gasteiger partial charge on any atom is 0.243 e. The Labute approximate surface area is 139 Å². The third-order valence-corrected chi connectivity index (χ3v) is 4.06. The monoisotopic (exact) mass is 325 g/mol. The lowest BCUT2D eigenvalue weighted by atomic mass is 9.93. The summed E-state index contributed by atoms with van der Waals surface area (Å²) in [5.41, 5.74) is 0. The van der Waals surface area contributed by atoms with Crippen molar-refractivity contribution in [3.8, 4) is 0 Å². The minimum Gasteiger partial charge on any atom is -0.359 e. The second kappa shape index (κ2) is 10.1. The number of nitrogens with one attached hydrogen (secondary N) is 2. The molecule has 7 heteroatoms. The number of guanidine groups is 1. The van der Waals surface area contributed by atoms with Gasteiger partial charge in [0.15, 0.2) is 5.96 Å². The fraction of sp³-hybridized carbons (Fsp3) is 0.812. The van der Waals surface area contributed by atoms with Crippen molar-refractivity contribution in [3.05, 3.63) is 0 Å². The van der Waals surface area contributed by atoms with Crippen LogP contribution in [0, 0.1) is 5.92 Å². The number of carbonyl (C=O) groups is 2. The normalized spacial score (nSPS) is 16.2. The number of hydrogen-bond donors (Lipinski definition) is 2. The molecule has 0 saturated carbocycles. The Morgan fingerprint density at radius 2 is 1.91 bits per heavy atom. The molecule has 0 aromatic carbocycles. The summed E-state index contributed by atoms with van der Waals surface area (Å²) < 4.78 is 0. The highest BCUT2D eigenvalue weighted by atomic mass is 16.2. The van der Waals surface area contributed by atoms with Crippen LogP contribution in [-0.2, 0) is 9.59 Å². The van der Waals surface area contributed by atoms with E-state index in [1.165, 1.54) is 0 Å². The third-order valence-electron chi connectivity index (χ3n) is 4.06. The first kappa shape index (κ1) is 19.3. The molecule has 2 amide bonds. The Kier molecular flexibility index (Phi) is 8.43. The van der Waals surface area contributed by atoms with Gasteiger partial charge in [-0.1, -0.05) is 6.92 Å². The minimum atomic E-state index is -0.00435. The van der Waals surface area contributed by atoms with Gasteiger partial charge in [0.25, 0.3) is 0 Å². The van der Waals surface area contributed by atoms with Gasteiger partial charge in [-0.25, -0.2) is 4.99 Å². The number of likely N-dealkylation sites (N-methyl/N-ethyl adjacent to an activating group) is 1. The molecule has 132 valence electrons. The van der Waals surface area contributed by atoms with E-state index in [4.69, 9.17) is 0 Å². The second-order valence-electron chi connectivity index (χ2n) is 6.16. The zero-order valence-corrected chi connectivity index (χ0v) is 14.9. The van der Waals surface area contributed by atoms with E-state index >= 15 is 0 Å². The van der Waals surface area contributed by atoms with Crippen molar-refractivity contribution < 1.29 is 9.59 Å². The molecular weight excluding hydrogens is 294 g/mol. The summed E-state index contributed by atoms with van der Waals surface area (Å²) in [7, 11) is 5.15. The molecule has 0 bridgehead atoms. The van der Waals surface area contributed by atoms with Crippen molar-refractivity contribution in [3.63, 3.8) is 0 Å². The Hall–Kier alpha value is -1.79. The highest BCUT2D eigenvalue weighted by molar-refractivity contribution is 5.85. The number of piperidine rings is 1. The third kappa shape index (κ3) is 6.88. The summed E-state index contributed by atoms with van der Waals surface area (Å²) in [6.45, 7) is 4.84. The number of carbonyl (C=O) groups excluding carboxylic acids is 2. The molecule has 0 aliphatic carbocycles. The zero-order chi connectivity index (χ0) is 17.2. The maximum atomic E-state index is 11.7. The maximum absolute atomic E-state index is 11.7. The number of nitrogens with zero attached hydrogens (tertiary/aromatic N) is 3. The lowest BCUT2D eigenvalue weighted by Crippen LogP contribution is -2.46. The van der Waals surface area contributed by atoms with Gasteiger partial charge in [0.2, 0.25) is 11.8 Å². The highest BCUT2D eigenvalue weighted by Gasteiger charge is 2.23. The van der Waals surface area contributed by atoms with Crippen molar-refractivity contribution >= 4 is 17.8 Å². The molecule has 0 radical (unpaired) electrons. The topological polar surface area (TPSA) is 77.0 Å². The predicted octanol–water partition coefficient (Wildman–Crippen LogP) is 0.278. The molecule has 1 aliphatic heterocycles. The summed E-state index contributed by atoms with van der Waals surface area (Å²) in [4.78, 5) is 31.4. The summed E-state index contributed by atoms with van der Waals surface area (Å²) in [6.07, 6.45) is 3.55. The van der Waals surface area contributed by atoms with E-state index in [2.05, 4.69) is 27.4 Å². The summed E-state index contributed by atoms with van der Waals surface area (Å²) >= 11 is 0. The Bertz CT molecular complexity index is 415. The quantitative estimate of drug-likeness (QED) is 0.543. The van der Waals surface area contributed by atoms with Crippen LogP contribution in [0.4, 0.5) is 0 Å². The van der Waals surface area contributed by atoms with Crippen molar-refractivity contribution in [1.82, 2.24) is 20.4 Å². The van der Waals surface area contributed by atoms with Gasteiger partial charge in [-0.05, 0) is 25.2 Å². The van der Waals surface area contributed by atoms with Crippen molar-refractivity contribution in [2.75, 3.05) is 47.3 Å². The number of aliphatic imine (C=N–C) groups is 1. The fourth-order valence-corrected chi connectivity index (χ4v) is 2.50. The van der Waals surface area contributed by atoms with Crippen molar-refractivity contribution in [1.29, 1.82) is 0 Å². The number of amides is 2. The van der Waals surface area contributed by atoms with Crippen LogP contribution in [0.15, 0.2) is 4.99 Å². The van der Waals surface area contributed by atoms with E-state index in [0.29, 0.717) is 12.3 Å². The lowest BCUT2D eigenvalue weighted by molar-refractivity contribution is -0.127. The lowest BCUT2D eigenvalue weighted by Gasteiger charge is -2.34. The molecule has 7 nitrogen and oxygen atoms in total. The van der Waals surface area contributed by atoms with E-state index in [-0.39, 0.29) is 18.4 Å². The molecule has 1 heterocycles. The van der Waals surface area contributed by atoms with Crippen LogP contribution in [0.3, 0.4) is 0 Å². The fourth-order valence-electron chi connectivity index (χ4n) is 2.50. The van der Waals surface area contributed by atoms with Gasteiger partial charge >= 0.3 is 0 Å². The number of rotatable bonds is 6. The van der Waals surface area contributed by atoms with Gasteiger partial charge in [-0.3, -0.25) is 9.59 Å². The average molecular weight is 325 g/mol. The molecule has 1 rings (SSSR count).